The Morgan fingerprint density at radius 2 is 2.38 bits per heavy atom. The molecule has 2 aromatic heterocycles. The number of carbonyl (C=O) groups excluding carboxylic acids is 1. The fourth-order valence-electron chi connectivity index (χ4n) is 1.11. The maximum absolute atomic E-state index is 11.4. The van der Waals surface area contributed by atoms with Gasteiger partial charge in [-0.15, -0.1) is 22.7 Å². The van der Waals surface area contributed by atoms with Crippen LogP contribution in [0.25, 0.3) is 9.88 Å². The van der Waals surface area contributed by atoms with E-state index in [2.05, 4.69) is 4.98 Å². The molecule has 0 amide bonds. The van der Waals surface area contributed by atoms with E-state index in [9.17, 15) is 4.79 Å². The Bertz CT molecular complexity index is 506. The van der Waals surface area contributed by atoms with Crippen LogP contribution in [0, 0.1) is 0 Å². The molecule has 0 aliphatic carbocycles. The minimum Gasteiger partial charge on any atom is -0.461 e. The molecule has 2 heterocycles. The third-order valence-corrected chi connectivity index (χ3v) is 4.02. The zero-order chi connectivity index (χ0) is 11.5. The number of aromatic nitrogens is 1. The Balaban J connectivity index is 2.22. The van der Waals surface area contributed by atoms with Crippen LogP contribution in [0.2, 0.25) is 4.34 Å². The van der Waals surface area contributed by atoms with Crippen LogP contribution in [-0.4, -0.2) is 17.6 Å². The Morgan fingerprint density at radius 3 is 3.00 bits per heavy atom. The number of halogens is 1. The largest absolute Gasteiger partial charge is 0.461 e. The van der Waals surface area contributed by atoms with E-state index >= 15 is 0 Å². The zero-order valence-electron chi connectivity index (χ0n) is 8.40. The summed E-state index contributed by atoms with van der Waals surface area (Å²) < 4.78 is 5.58. The molecule has 0 N–H and O–H groups in total. The highest BCUT2D eigenvalue weighted by molar-refractivity contribution is 7.23. The highest BCUT2D eigenvalue weighted by Gasteiger charge is 2.13. The van der Waals surface area contributed by atoms with Gasteiger partial charge >= 0.3 is 5.97 Å². The predicted molar refractivity (Wildman–Crippen MR) is 66.4 cm³/mol. The van der Waals surface area contributed by atoms with E-state index in [0.29, 0.717) is 16.6 Å². The number of esters is 1. The van der Waals surface area contributed by atoms with Crippen LogP contribution < -0.4 is 0 Å². The summed E-state index contributed by atoms with van der Waals surface area (Å²) in [5.74, 6) is -0.382. The molecule has 0 fully saturated rings. The average molecular weight is 274 g/mol. The maximum Gasteiger partial charge on any atom is 0.357 e. The molecule has 16 heavy (non-hydrogen) atoms. The Hall–Kier alpha value is -0.910. The highest BCUT2D eigenvalue weighted by Crippen LogP contribution is 2.32. The standard InChI is InChI=1S/C10H8ClNO2S2/c1-2-14-10(13)6-5-15-9(12-6)7-3-4-8(11)16-7/h3-5H,2H2,1H3. The molecule has 84 valence electrons. The Morgan fingerprint density at radius 1 is 1.56 bits per heavy atom. The van der Waals surface area contributed by atoms with Crippen LogP contribution in [0.3, 0.4) is 0 Å². The van der Waals surface area contributed by atoms with Crippen molar-refractivity contribution in [1.29, 1.82) is 0 Å². The number of rotatable bonds is 3. The minimum absolute atomic E-state index is 0.353. The molecule has 2 rings (SSSR count). The van der Waals surface area contributed by atoms with Gasteiger partial charge in [-0.3, -0.25) is 0 Å². The smallest absolute Gasteiger partial charge is 0.357 e. The van der Waals surface area contributed by atoms with Crippen molar-refractivity contribution in [1.82, 2.24) is 4.98 Å². The summed E-state index contributed by atoms with van der Waals surface area (Å²) in [5.41, 5.74) is 0.353. The van der Waals surface area contributed by atoms with Crippen LogP contribution in [0.15, 0.2) is 17.5 Å². The van der Waals surface area contributed by atoms with Crippen molar-refractivity contribution >= 4 is 40.2 Å². The lowest BCUT2D eigenvalue weighted by Crippen LogP contribution is -2.04. The number of hydrogen-bond donors (Lipinski definition) is 0. The molecule has 0 unspecified atom stereocenters. The normalized spacial score (nSPS) is 10.4. The second-order valence-corrected chi connectivity index (χ2v) is 5.44. The van der Waals surface area contributed by atoms with Crippen LogP contribution >= 0.6 is 34.3 Å². The van der Waals surface area contributed by atoms with E-state index in [4.69, 9.17) is 16.3 Å². The van der Waals surface area contributed by atoms with Crippen molar-refractivity contribution in [3.63, 3.8) is 0 Å². The van der Waals surface area contributed by atoms with E-state index in [1.165, 1.54) is 22.7 Å². The van der Waals surface area contributed by atoms with Crippen molar-refractivity contribution < 1.29 is 9.53 Å². The number of nitrogens with zero attached hydrogens (tertiary/aromatic N) is 1. The third-order valence-electron chi connectivity index (χ3n) is 1.77. The van der Waals surface area contributed by atoms with Crippen molar-refractivity contribution in [2.45, 2.75) is 6.92 Å². The van der Waals surface area contributed by atoms with Crippen molar-refractivity contribution in [2.75, 3.05) is 6.61 Å². The molecule has 0 aromatic carbocycles. The van der Waals surface area contributed by atoms with Gasteiger partial charge in [0.1, 0.15) is 5.01 Å². The van der Waals surface area contributed by atoms with E-state index in [-0.39, 0.29) is 5.97 Å². The summed E-state index contributed by atoms with van der Waals surface area (Å²) >= 11 is 8.68. The molecule has 3 nitrogen and oxygen atoms in total. The van der Waals surface area contributed by atoms with Gasteiger partial charge in [-0.1, -0.05) is 11.6 Å². The van der Waals surface area contributed by atoms with Crippen molar-refractivity contribution in [3.8, 4) is 9.88 Å². The minimum atomic E-state index is -0.382. The molecule has 0 radical (unpaired) electrons. The van der Waals surface area contributed by atoms with Gasteiger partial charge < -0.3 is 4.74 Å². The van der Waals surface area contributed by atoms with Crippen LogP contribution in [0.4, 0.5) is 0 Å². The van der Waals surface area contributed by atoms with Crippen LogP contribution in [-0.2, 0) is 4.74 Å². The van der Waals surface area contributed by atoms with Crippen molar-refractivity contribution in [3.05, 3.63) is 27.5 Å². The lowest BCUT2D eigenvalue weighted by atomic mass is 10.4. The molecule has 0 aliphatic heterocycles. The fourth-order valence-corrected chi connectivity index (χ4v) is 3.02. The predicted octanol–water partition coefficient (Wildman–Crippen LogP) is 3.70. The SMILES string of the molecule is CCOC(=O)c1csc(-c2ccc(Cl)s2)n1. The fraction of sp³-hybridized carbons (Fsp3) is 0.200. The van der Waals surface area contributed by atoms with E-state index in [0.717, 1.165) is 9.88 Å². The lowest BCUT2D eigenvalue weighted by Gasteiger charge is -1.95. The number of thiophene rings is 1. The summed E-state index contributed by atoms with van der Waals surface area (Å²) in [5, 5.41) is 2.49. The molecule has 0 saturated heterocycles. The third kappa shape index (κ3) is 2.42. The first-order valence-electron chi connectivity index (χ1n) is 4.59. The van der Waals surface area contributed by atoms with Gasteiger partial charge in [0.15, 0.2) is 5.69 Å². The van der Waals surface area contributed by atoms with Gasteiger partial charge in [0.05, 0.1) is 15.8 Å². The summed E-state index contributed by atoms with van der Waals surface area (Å²) in [6, 6.07) is 3.70. The molecule has 0 aliphatic rings. The highest BCUT2D eigenvalue weighted by atomic mass is 35.5. The van der Waals surface area contributed by atoms with Gasteiger partial charge in [-0.05, 0) is 19.1 Å². The number of ether oxygens (including phenoxy) is 1. The molecule has 0 spiro atoms. The van der Waals surface area contributed by atoms with E-state index in [1.807, 2.05) is 12.1 Å². The van der Waals surface area contributed by atoms with Crippen LogP contribution in [0.1, 0.15) is 17.4 Å². The van der Waals surface area contributed by atoms with E-state index < -0.39 is 0 Å². The first-order valence-corrected chi connectivity index (χ1v) is 6.66. The summed E-state index contributed by atoms with van der Waals surface area (Å²) in [7, 11) is 0. The average Bonchev–Trinajstić information content (AvgIpc) is 2.85. The van der Waals surface area contributed by atoms with Gasteiger partial charge in [0, 0.05) is 5.38 Å². The van der Waals surface area contributed by atoms with Gasteiger partial charge in [-0.25, -0.2) is 9.78 Å². The second-order valence-electron chi connectivity index (χ2n) is 2.86. The monoisotopic (exact) mass is 273 g/mol. The molecule has 2 aromatic rings. The Kier molecular flexibility index (Phi) is 3.58. The summed E-state index contributed by atoms with van der Waals surface area (Å²) in [4.78, 5) is 16.6. The van der Waals surface area contributed by atoms with Gasteiger partial charge in [-0.2, -0.15) is 0 Å². The second kappa shape index (κ2) is 4.95. The summed E-state index contributed by atoms with van der Waals surface area (Å²) in [6.07, 6.45) is 0. The van der Waals surface area contributed by atoms with Crippen molar-refractivity contribution in [2.24, 2.45) is 0 Å². The maximum atomic E-state index is 11.4. The number of thiazole rings is 1. The topological polar surface area (TPSA) is 39.2 Å². The van der Waals surface area contributed by atoms with Crippen LogP contribution in [0.5, 0.6) is 0 Å². The number of carbonyl (C=O) groups is 1. The molecule has 0 atom stereocenters. The number of hydrogen-bond acceptors (Lipinski definition) is 5. The van der Waals surface area contributed by atoms with E-state index in [1.54, 1.807) is 12.3 Å². The first-order chi connectivity index (χ1) is 7.70. The van der Waals surface area contributed by atoms with Gasteiger partial charge in [0.25, 0.3) is 0 Å². The summed E-state index contributed by atoms with van der Waals surface area (Å²) in [6.45, 7) is 2.13. The molecule has 0 saturated carbocycles. The zero-order valence-corrected chi connectivity index (χ0v) is 10.8. The molecule has 6 heteroatoms. The Labute approximate surface area is 106 Å². The molecule has 0 bridgehead atoms. The molecular formula is C10H8ClNO2S2. The van der Waals surface area contributed by atoms with Gasteiger partial charge in [0.2, 0.25) is 0 Å². The quantitative estimate of drug-likeness (QED) is 0.801. The lowest BCUT2D eigenvalue weighted by molar-refractivity contribution is 0.0520. The molecular weight excluding hydrogens is 266 g/mol. The first kappa shape index (κ1) is 11.6.